The van der Waals surface area contributed by atoms with Gasteiger partial charge in [0.1, 0.15) is 0 Å². The summed E-state index contributed by atoms with van der Waals surface area (Å²) in [6.07, 6.45) is -0.657. The SMILES string of the molecule is Cc1cscc1C(O)C(CN)c1ccc(Cl)cc1Cl. The lowest BCUT2D eigenvalue weighted by molar-refractivity contribution is 0.147. The van der Waals surface area contributed by atoms with Crippen LogP contribution in [0, 0.1) is 6.92 Å². The van der Waals surface area contributed by atoms with E-state index in [1.807, 2.05) is 23.8 Å². The van der Waals surface area contributed by atoms with Crippen LogP contribution < -0.4 is 5.73 Å². The van der Waals surface area contributed by atoms with Gasteiger partial charge in [0.15, 0.2) is 0 Å². The van der Waals surface area contributed by atoms with E-state index in [-0.39, 0.29) is 5.92 Å². The van der Waals surface area contributed by atoms with Crippen molar-refractivity contribution in [1.82, 2.24) is 0 Å². The van der Waals surface area contributed by atoms with Crippen molar-refractivity contribution in [2.45, 2.75) is 18.9 Å². The molecule has 0 saturated heterocycles. The van der Waals surface area contributed by atoms with E-state index in [4.69, 9.17) is 28.9 Å². The zero-order valence-corrected chi connectivity index (χ0v) is 12.8. The van der Waals surface area contributed by atoms with Crippen LogP contribution in [0.5, 0.6) is 0 Å². The Morgan fingerprint density at radius 2 is 2.00 bits per heavy atom. The van der Waals surface area contributed by atoms with Gasteiger partial charge in [-0.25, -0.2) is 0 Å². The molecule has 2 atom stereocenters. The molecule has 102 valence electrons. The number of hydrogen-bond donors (Lipinski definition) is 2. The van der Waals surface area contributed by atoms with Crippen LogP contribution >= 0.6 is 34.5 Å². The van der Waals surface area contributed by atoms with Crippen molar-refractivity contribution in [3.8, 4) is 0 Å². The molecule has 1 aromatic heterocycles. The van der Waals surface area contributed by atoms with E-state index in [1.54, 1.807) is 23.5 Å². The molecule has 0 amide bonds. The van der Waals surface area contributed by atoms with Crippen molar-refractivity contribution in [2.24, 2.45) is 5.73 Å². The molecular weight excluding hydrogens is 301 g/mol. The topological polar surface area (TPSA) is 46.2 Å². The largest absolute Gasteiger partial charge is 0.388 e. The van der Waals surface area contributed by atoms with Crippen LogP contribution in [-0.4, -0.2) is 11.7 Å². The highest BCUT2D eigenvalue weighted by atomic mass is 35.5. The highest BCUT2D eigenvalue weighted by Crippen LogP contribution is 2.37. The highest BCUT2D eigenvalue weighted by molar-refractivity contribution is 7.08. The molecule has 2 aromatic rings. The minimum Gasteiger partial charge on any atom is -0.388 e. The summed E-state index contributed by atoms with van der Waals surface area (Å²) in [7, 11) is 0. The molecular formula is C14H15Cl2NOS. The average molecular weight is 316 g/mol. The van der Waals surface area contributed by atoms with Crippen molar-refractivity contribution >= 4 is 34.5 Å². The number of aryl methyl sites for hydroxylation is 1. The maximum atomic E-state index is 10.5. The first-order valence-electron chi connectivity index (χ1n) is 5.90. The molecule has 1 heterocycles. The molecule has 19 heavy (non-hydrogen) atoms. The van der Waals surface area contributed by atoms with Gasteiger partial charge in [-0.2, -0.15) is 11.3 Å². The number of aliphatic hydroxyl groups is 1. The van der Waals surface area contributed by atoms with Gasteiger partial charge < -0.3 is 10.8 Å². The highest BCUT2D eigenvalue weighted by Gasteiger charge is 2.25. The van der Waals surface area contributed by atoms with E-state index < -0.39 is 6.10 Å². The summed E-state index contributed by atoms with van der Waals surface area (Å²) in [6.45, 7) is 2.30. The van der Waals surface area contributed by atoms with Gasteiger partial charge in [0.2, 0.25) is 0 Å². The van der Waals surface area contributed by atoms with Gasteiger partial charge in [0.05, 0.1) is 6.10 Å². The Hall–Kier alpha value is -0.580. The number of aliphatic hydroxyl groups excluding tert-OH is 1. The van der Waals surface area contributed by atoms with Crippen LogP contribution in [0.4, 0.5) is 0 Å². The molecule has 1 aromatic carbocycles. The van der Waals surface area contributed by atoms with Gasteiger partial charge in [0, 0.05) is 22.5 Å². The smallest absolute Gasteiger partial charge is 0.0881 e. The van der Waals surface area contributed by atoms with Gasteiger partial charge in [0.25, 0.3) is 0 Å². The maximum absolute atomic E-state index is 10.5. The molecule has 0 saturated carbocycles. The Morgan fingerprint density at radius 1 is 1.26 bits per heavy atom. The second-order valence-electron chi connectivity index (χ2n) is 4.46. The van der Waals surface area contributed by atoms with Crippen LogP contribution in [0.3, 0.4) is 0 Å². The molecule has 0 spiro atoms. The van der Waals surface area contributed by atoms with E-state index in [2.05, 4.69) is 0 Å². The Morgan fingerprint density at radius 3 is 2.53 bits per heavy atom. The Kier molecular flexibility index (Phi) is 4.87. The first kappa shape index (κ1) is 14.8. The monoisotopic (exact) mass is 315 g/mol. The van der Waals surface area contributed by atoms with E-state index in [0.29, 0.717) is 16.6 Å². The maximum Gasteiger partial charge on any atom is 0.0881 e. The second-order valence-corrected chi connectivity index (χ2v) is 6.05. The minimum atomic E-state index is -0.657. The quantitative estimate of drug-likeness (QED) is 0.890. The van der Waals surface area contributed by atoms with Crippen molar-refractivity contribution in [3.05, 3.63) is 55.7 Å². The lowest BCUT2D eigenvalue weighted by Gasteiger charge is -2.23. The van der Waals surface area contributed by atoms with Gasteiger partial charge in [-0.3, -0.25) is 0 Å². The van der Waals surface area contributed by atoms with Gasteiger partial charge in [-0.05, 0) is 46.5 Å². The fourth-order valence-corrected chi connectivity index (χ4v) is 3.55. The molecule has 3 N–H and O–H groups in total. The van der Waals surface area contributed by atoms with Crippen LogP contribution in [0.2, 0.25) is 10.0 Å². The number of halogens is 2. The molecule has 2 unspecified atom stereocenters. The van der Waals surface area contributed by atoms with E-state index in [9.17, 15) is 5.11 Å². The summed E-state index contributed by atoms with van der Waals surface area (Å²) in [6, 6.07) is 5.26. The lowest BCUT2D eigenvalue weighted by atomic mass is 9.89. The molecule has 0 aliphatic rings. The van der Waals surface area contributed by atoms with Gasteiger partial charge in [-0.1, -0.05) is 29.3 Å². The predicted octanol–water partition coefficient (Wildman–Crippen LogP) is 4.14. The summed E-state index contributed by atoms with van der Waals surface area (Å²) in [5, 5.41) is 15.6. The lowest BCUT2D eigenvalue weighted by Crippen LogP contribution is -2.20. The first-order valence-corrected chi connectivity index (χ1v) is 7.60. The number of rotatable bonds is 4. The predicted molar refractivity (Wildman–Crippen MR) is 82.3 cm³/mol. The standard InChI is InChI=1S/C14H15Cl2NOS/c1-8-6-19-7-12(8)14(18)11(5-17)10-3-2-9(15)4-13(10)16/h2-4,6-7,11,14,18H,5,17H2,1H3. The van der Waals surface area contributed by atoms with Crippen LogP contribution in [0.15, 0.2) is 29.0 Å². The third-order valence-corrected chi connectivity index (χ3v) is 4.65. The normalized spacial score (nSPS) is 14.4. The first-order chi connectivity index (χ1) is 9.04. The van der Waals surface area contributed by atoms with Gasteiger partial charge >= 0.3 is 0 Å². The number of thiophene rings is 1. The summed E-state index contributed by atoms with van der Waals surface area (Å²) in [4.78, 5) is 0. The van der Waals surface area contributed by atoms with Gasteiger partial charge in [-0.15, -0.1) is 0 Å². The molecule has 5 heteroatoms. The Labute approximate surface area is 126 Å². The van der Waals surface area contributed by atoms with Crippen molar-refractivity contribution < 1.29 is 5.11 Å². The number of hydrogen-bond acceptors (Lipinski definition) is 3. The van der Waals surface area contributed by atoms with E-state index in [0.717, 1.165) is 16.7 Å². The van der Waals surface area contributed by atoms with Crippen molar-refractivity contribution in [2.75, 3.05) is 6.54 Å². The fourth-order valence-electron chi connectivity index (χ4n) is 2.12. The summed E-state index contributed by atoms with van der Waals surface area (Å²) < 4.78 is 0. The minimum absolute atomic E-state index is 0.238. The van der Waals surface area contributed by atoms with E-state index in [1.165, 1.54) is 0 Å². The third kappa shape index (κ3) is 3.12. The third-order valence-electron chi connectivity index (χ3n) is 3.21. The van der Waals surface area contributed by atoms with Crippen LogP contribution in [0.1, 0.15) is 28.7 Å². The van der Waals surface area contributed by atoms with Crippen LogP contribution in [0.25, 0.3) is 0 Å². The second kappa shape index (κ2) is 6.25. The van der Waals surface area contributed by atoms with Crippen molar-refractivity contribution in [1.29, 1.82) is 0 Å². The Balaban J connectivity index is 2.37. The fraction of sp³-hybridized carbons (Fsp3) is 0.286. The zero-order valence-electron chi connectivity index (χ0n) is 10.4. The molecule has 0 aliphatic heterocycles. The van der Waals surface area contributed by atoms with Crippen LogP contribution in [-0.2, 0) is 0 Å². The Bertz CT molecular complexity index is 570. The number of nitrogens with two attached hydrogens (primary N) is 1. The zero-order chi connectivity index (χ0) is 14.0. The summed E-state index contributed by atoms with van der Waals surface area (Å²) in [5.41, 5.74) is 8.63. The molecule has 2 rings (SSSR count). The molecule has 0 aliphatic carbocycles. The molecule has 0 fully saturated rings. The molecule has 0 bridgehead atoms. The van der Waals surface area contributed by atoms with E-state index >= 15 is 0 Å². The summed E-state index contributed by atoms with van der Waals surface area (Å²) >= 11 is 13.7. The molecule has 2 nitrogen and oxygen atoms in total. The number of benzene rings is 1. The summed E-state index contributed by atoms with van der Waals surface area (Å²) in [5.74, 6) is -0.238. The average Bonchev–Trinajstić information content (AvgIpc) is 2.78. The molecule has 0 radical (unpaired) electrons. The van der Waals surface area contributed by atoms with Crippen molar-refractivity contribution in [3.63, 3.8) is 0 Å².